The lowest BCUT2D eigenvalue weighted by Gasteiger charge is -2.32. The van der Waals surface area contributed by atoms with Crippen molar-refractivity contribution in [1.82, 2.24) is 9.97 Å². The molecule has 0 saturated carbocycles. The molecule has 2 heterocycles. The highest BCUT2D eigenvalue weighted by Gasteiger charge is 2.26. The van der Waals surface area contributed by atoms with Crippen molar-refractivity contribution in [2.45, 2.75) is 17.7 Å². The molecular weight excluding hydrogens is 414 g/mol. The van der Waals surface area contributed by atoms with Crippen molar-refractivity contribution in [1.29, 1.82) is 0 Å². The molecular formula is C22H23N5O3S. The maximum atomic E-state index is 12.6. The Morgan fingerprint density at radius 1 is 1.00 bits per heavy atom. The number of hydrogen-bond donors (Lipinski definition) is 2. The second kappa shape index (κ2) is 8.83. The van der Waals surface area contributed by atoms with E-state index in [-0.39, 0.29) is 16.7 Å². The molecule has 1 aliphatic rings. The predicted octanol–water partition coefficient (Wildman–Crippen LogP) is 2.65. The molecule has 0 aliphatic carbocycles. The number of hydrogen-bond acceptors (Lipinski definition) is 6. The Morgan fingerprint density at radius 3 is 2.32 bits per heavy atom. The molecule has 1 aliphatic heterocycles. The average Bonchev–Trinajstić information content (AvgIpc) is 2.79. The van der Waals surface area contributed by atoms with Crippen molar-refractivity contribution in [2.24, 2.45) is 11.1 Å². The third-order valence-electron chi connectivity index (χ3n) is 5.36. The maximum Gasteiger partial charge on any atom is 0.238 e. The van der Waals surface area contributed by atoms with Gasteiger partial charge in [-0.3, -0.25) is 4.79 Å². The molecule has 2 aromatic carbocycles. The first kappa shape index (κ1) is 21.0. The van der Waals surface area contributed by atoms with Crippen LogP contribution in [0.2, 0.25) is 0 Å². The van der Waals surface area contributed by atoms with Crippen LogP contribution in [0.3, 0.4) is 0 Å². The molecule has 1 amide bonds. The van der Waals surface area contributed by atoms with Gasteiger partial charge in [-0.1, -0.05) is 30.3 Å². The number of anilines is 2. The van der Waals surface area contributed by atoms with E-state index >= 15 is 0 Å². The summed E-state index contributed by atoms with van der Waals surface area (Å²) in [6.07, 6.45) is 2.97. The zero-order valence-electron chi connectivity index (χ0n) is 16.8. The Bertz CT molecular complexity index is 1160. The summed E-state index contributed by atoms with van der Waals surface area (Å²) in [6, 6.07) is 17.8. The fourth-order valence-corrected chi connectivity index (χ4v) is 4.15. The largest absolute Gasteiger partial charge is 0.356 e. The first-order valence-electron chi connectivity index (χ1n) is 9.96. The normalized spacial score (nSPS) is 14.9. The summed E-state index contributed by atoms with van der Waals surface area (Å²) in [5, 5.41) is 7.96. The highest BCUT2D eigenvalue weighted by Crippen LogP contribution is 2.26. The number of benzene rings is 2. The van der Waals surface area contributed by atoms with Gasteiger partial charge in [0, 0.05) is 36.3 Å². The molecule has 3 aromatic rings. The molecule has 0 radical (unpaired) electrons. The number of nitrogens with two attached hydrogens (primary N) is 1. The number of primary sulfonamides is 1. The zero-order valence-corrected chi connectivity index (χ0v) is 17.6. The molecule has 4 rings (SSSR count). The number of aromatic nitrogens is 2. The Hall–Kier alpha value is -3.30. The van der Waals surface area contributed by atoms with E-state index in [1.807, 2.05) is 36.4 Å². The number of nitrogens with zero attached hydrogens (tertiary/aromatic N) is 3. The van der Waals surface area contributed by atoms with Crippen molar-refractivity contribution < 1.29 is 13.2 Å². The first-order chi connectivity index (χ1) is 14.9. The van der Waals surface area contributed by atoms with Gasteiger partial charge in [0.05, 0.1) is 10.6 Å². The fraction of sp³-hybridized carbons (Fsp3) is 0.227. The molecule has 0 atom stereocenters. The second-order valence-corrected chi connectivity index (χ2v) is 9.01. The van der Waals surface area contributed by atoms with Crippen molar-refractivity contribution in [2.75, 3.05) is 23.3 Å². The van der Waals surface area contributed by atoms with Crippen LogP contribution in [0.1, 0.15) is 12.8 Å². The first-order valence-corrected chi connectivity index (χ1v) is 11.5. The molecule has 160 valence electrons. The topological polar surface area (TPSA) is 118 Å². The van der Waals surface area contributed by atoms with Crippen LogP contribution in [0, 0.1) is 5.92 Å². The third-order valence-corrected chi connectivity index (χ3v) is 6.29. The number of sulfonamides is 1. The van der Waals surface area contributed by atoms with Crippen molar-refractivity contribution >= 4 is 27.4 Å². The van der Waals surface area contributed by atoms with Crippen LogP contribution in [-0.2, 0) is 14.8 Å². The van der Waals surface area contributed by atoms with Gasteiger partial charge in [0.1, 0.15) is 12.1 Å². The van der Waals surface area contributed by atoms with Crippen LogP contribution in [0.25, 0.3) is 11.3 Å². The van der Waals surface area contributed by atoms with Gasteiger partial charge in [-0.25, -0.2) is 23.5 Å². The van der Waals surface area contributed by atoms with E-state index in [1.165, 1.54) is 12.1 Å². The number of piperidine rings is 1. The van der Waals surface area contributed by atoms with Crippen molar-refractivity contribution in [3.8, 4) is 11.3 Å². The predicted molar refractivity (Wildman–Crippen MR) is 119 cm³/mol. The summed E-state index contributed by atoms with van der Waals surface area (Å²) in [4.78, 5) is 23.6. The average molecular weight is 438 g/mol. The van der Waals surface area contributed by atoms with Gasteiger partial charge >= 0.3 is 0 Å². The quantitative estimate of drug-likeness (QED) is 0.633. The van der Waals surface area contributed by atoms with E-state index in [1.54, 1.807) is 18.5 Å². The molecule has 0 unspecified atom stereocenters. The van der Waals surface area contributed by atoms with Crippen LogP contribution in [0.5, 0.6) is 0 Å². The van der Waals surface area contributed by atoms with Gasteiger partial charge < -0.3 is 10.2 Å². The van der Waals surface area contributed by atoms with Crippen LogP contribution in [0.4, 0.5) is 11.5 Å². The van der Waals surface area contributed by atoms with E-state index in [0.717, 1.165) is 17.1 Å². The lowest BCUT2D eigenvalue weighted by Crippen LogP contribution is -2.38. The van der Waals surface area contributed by atoms with Gasteiger partial charge in [0.2, 0.25) is 15.9 Å². The van der Waals surface area contributed by atoms with Crippen molar-refractivity contribution in [3.63, 3.8) is 0 Å². The minimum atomic E-state index is -3.75. The minimum Gasteiger partial charge on any atom is -0.356 e. The summed E-state index contributed by atoms with van der Waals surface area (Å²) in [5.41, 5.74) is 2.45. The minimum absolute atomic E-state index is 0.0125. The zero-order chi connectivity index (χ0) is 21.8. The summed E-state index contributed by atoms with van der Waals surface area (Å²) >= 11 is 0. The highest BCUT2D eigenvalue weighted by atomic mass is 32.2. The smallest absolute Gasteiger partial charge is 0.238 e. The Kier molecular flexibility index (Phi) is 5.97. The summed E-state index contributed by atoms with van der Waals surface area (Å²) in [6.45, 7) is 1.43. The molecule has 0 spiro atoms. The molecule has 31 heavy (non-hydrogen) atoms. The number of nitrogens with one attached hydrogen (secondary N) is 1. The van der Waals surface area contributed by atoms with Gasteiger partial charge in [-0.2, -0.15) is 0 Å². The summed E-state index contributed by atoms with van der Waals surface area (Å²) in [5.74, 6) is 0.659. The van der Waals surface area contributed by atoms with Gasteiger partial charge in [0.25, 0.3) is 0 Å². The molecule has 3 N–H and O–H groups in total. The summed E-state index contributed by atoms with van der Waals surface area (Å²) in [7, 11) is -3.75. The standard InChI is InChI=1S/C22H23N5O3S/c23-31(29,30)19-8-6-18(7-9-19)26-22(28)17-10-12-27(13-11-17)21-14-20(24-15-25-21)16-4-2-1-3-5-16/h1-9,14-15,17H,10-13H2,(H,26,28)(H2,23,29,30). The van der Waals surface area contributed by atoms with Gasteiger partial charge in [-0.15, -0.1) is 0 Å². The second-order valence-electron chi connectivity index (χ2n) is 7.45. The van der Waals surface area contributed by atoms with E-state index in [4.69, 9.17) is 5.14 Å². The van der Waals surface area contributed by atoms with Crippen LogP contribution >= 0.6 is 0 Å². The van der Waals surface area contributed by atoms with Crippen LogP contribution < -0.4 is 15.4 Å². The van der Waals surface area contributed by atoms with Crippen LogP contribution in [0.15, 0.2) is 71.9 Å². The molecule has 8 nitrogen and oxygen atoms in total. The molecule has 9 heteroatoms. The van der Waals surface area contributed by atoms with E-state index in [0.29, 0.717) is 31.6 Å². The van der Waals surface area contributed by atoms with Crippen molar-refractivity contribution in [3.05, 3.63) is 67.0 Å². The lowest BCUT2D eigenvalue weighted by molar-refractivity contribution is -0.120. The number of carbonyl (C=O) groups is 1. The Balaban J connectivity index is 1.36. The van der Waals surface area contributed by atoms with Gasteiger partial charge in [-0.05, 0) is 37.1 Å². The van der Waals surface area contributed by atoms with E-state index in [9.17, 15) is 13.2 Å². The number of amides is 1. The summed E-state index contributed by atoms with van der Waals surface area (Å²) < 4.78 is 22.7. The maximum absolute atomic E-state index is 12.6. The molecule has 1 saturated heterocycles. The monoisotopic (exact) mass is 437 g/mol. The van der Waals surface area contributed by atoms with E-state index in [2.05, 4.69) is 20.2 Å². The number of carbonyl (C=O) groups excluding carboxylic acids is 1. The Morgan fingerprint density at radius 2 is 1.68 bits per heavy atom. The fourth-order valence-electron chi connectivity index (χ4n) is 3.63. The SMILES string of the molecule is NS(=O)(=O)c1ccc(NC(=O)C2CCN(c3cc(-c4ccccc4)ncn3)CC2)cc1. The lowest BCUT2D eigenvalue weighted by atomic mass is 9.95. The molecule has 0 bridgehead atoms. The molecule has 1 fully saturated rings. The Labute approximate surface area is 181 Å². The highest BCUT2D eigenvalue weighted by molar-refractivity contribution is 7.89. The van der Waals surface area contributed by atoms with Crippen LogP contribution in [-0.4, -0.2) is 37.4 Å². The van der Waals surface area contributed by atoms with E-state index < -0.39 is 10.0 Å². The third kappa shape index (κ3) is 5.07. The number of rotatable bonds is 5. The van der Waals surface area contributed by atoms with Gasteiger partial charge in [0.15, 0.2) is 0 Å². The molecule has 1 aromatic heterocycles.